The summed E-state index contributed by atoms with van der Waals surface area (Å²) in [7, 11) is 2.98. The van der Waals surface area contributed by atoms with Crippen LogP contribution in [0.5, 0.6) is 28.7 Å². The van der Waals surface area contributed by atoms with Gasteiger partial charge >= 0.3 is 0 Å². The standard InChI is InChI=1S/C22H24O7/c1-12(2)5-6-14-17(27-3)8-7-15(20(14)28-4)22(26)11-29-18-10-13(23)9-16(24)19(18)21(22)25/h5,7-10,23-24,26H,6,11H2,1-4H3/t22-/m1/s1. The van der Waals surface area contributed by atoms with E-state index in [2.05, 4.69) is 0 Å². The van der Waals surface area contributed by atoms with Gasteiger partial charge in [0.2, 0.25) is 5.78 Å². The van der Waals surface area contributed by atoms with E-state index in [0.29, 0.717) is 23.5 Å². The van der Waals surface area contributed by atoms with Crippen molar-refractivity contribution in [3.8, 4) is 28.7 Å². The summed E-state index contributed by atoms with van der Waals surface area (Å²) >= 11 is 0. The Bertz CT molecular complexity index is 989. The lowest BCUT2D eigenvalue weighted by Gasteiger charge is -2.34. The second-order valence-electron chi connectivity index (χ2n) is 7.13. The smallest absolute Gasteiger partial charge is 0.210 e. The molecule has 0 aliphatic carbocycles. The summed E-state index contributed by atoms with van der Waals surface area (Å²) in [5.41, 5.74) is -0.301. The number of hydrogen-bond acceptors (Lipinski definition) is 7. The highest BCUT2D eigenvalue weighted by Crippen LogP contribution is 2.46. The lowest BCUT2D eigenvalue weighted by molar-refractivity contribution is -0.00680. The first kappa shape index (κ1) is 20.5. The lowest BCUT2D eigenvalue weighted by atomic mass is 9.82. The third-order valence-electron chi connectivity index (χ3n) is 4.91. The molecule has 2 aromatic rings. The van der Waals surface area contributed by atoms with Gasteiger partial charge in [-0.2, -0.15) is 0 Å². The zero-order chi connectivity index (χ0) is 21.3. The number of allylic oxidation sites excluding steroid dienone is 2. The number of carbonyl (C=O) groups excluding carboxylic acids is 1. The number of hydrogen-bond donors (Lipinski definition) is 3. The summed E-state index contributed by atoms with van der Waals surface area (Å²) in [6, 6.07) is 5.45. The fourth-order valence-corrected chi connectivity index (χ4v) is 3.44. The highest BCUT2D eigenvalue weighted by atomic mass is 16.5. The SMILES string of the molecule is COc1ccc([C@]2(O)COc3cc(O)cc(O)c3C2=O)c(OC)c1CC=C(C)C. The normalized spacial score (nSPS) is 17.9. The summed E-state index contributed by atoms with van der Waals surface area (Å²) in [5, 5.41) is 31.1. The molecule has 0 spiro atoms. The molecule has 0 bridgehead atoms. The zero-order valence-electron chi connectivity index (χ0n) is 16.8. The van der Waals surface area contributed by atoms with Crippen LogP contribution in [0.4, 0.5) is 0 Å². The Morgan fingerprint density at radius 3 is 2.55 bits per heavy atom. The Morgan fingerprint density at radius 1 is 1.21 bits per heavy atom. The minimum absolute atomic E-state index is 0.00872. The quantitative estimate of drug-likeness (QED) is 0.662. The van der Waals surface area contributed by atoms with E-state index in [1.807, 2.05) is 19.9 Å². The fourth-order valence-electron chi connectivity index (χ4n) is 3.44. The number of phenolic OH excluding ortho intramolecular Hbond substituents is 2. The molecule has 0 unspecified atom stereocenters. The fraction of sp³-hybridized carbons (Fsp3) is 0.318. The van der Waals surface area contributed by atoms with Crippen molar-refractivity contribution in [2.24, 2.45) is 0 Å². The van der Waals surface area contributed by atoms with Gasteiger partial charge in [-0.25, -0.2) is 0 Å². The number of benzene rings is 2. The molecule has 3 rings (SSSR count). The lowest BCUT2D eigenvalue weighted by Crippen LogP contribution is -2.45. The molecule has 0 fully saturated rings. The van der Waals surface area contributed by atoms with Crippen molar-refractivity contribution >= 4 is 5.78 Å². The van der Waals surface area contributed by atoms with Crippen LogP contribution in [0.3, 0.4) is 0 Å². The minimum Gasteiger partial charge on any atom is -0.508 e. The van der Waals surface area contributed by atoms with Gasteiger partial charge in [-0.1, -0.05) is 11.6 Å². The number of fused-ring (bicyclic) bond motifs is 1. The van der Waals surface area contributed by atoms with Crippen molar-refractivity contribution in [1.29, 1.82) is 0 Å². The summed E-state index contributed by atoms with van der Waals surface area (Å²) in [5.74, 6) is -0.583. The Hall–Kier alpha value is -3.19. The van der Waals surface area contributed by atoms with Crippen LogP contribution in [0.1, 0.15) is 35.3 Å². The molecule has 1 aliphatic heterocycles. The van der Waals surface area contributed by atoms with Gasteiger partial charge in [-0.3, -0.25) is 4.79 Å². The largest absolute Gasteiger partial charge is 0.508 e. The Kier molecular flexibility index (Phi) is 5.44. The maximum Gasteiger partial charge on any atom is 0.210 e. The third-order valence-corrected chi connectivity index (χ3v) is 4.91. The number of aliphatic hydroxyl groups is 1. The topological polar surface area (TPSA) is 105 Å². The molecule has 0 saturated heterocycles. The van der Waals surface area contributed by atoms with E-state index < -0.39 is 23.7 Å². The van der Waals surface area contributed by atoms with Crippen LogP contribution in [0, 0.1) is 0 Å². The Balaban J connectivity index is 2.18. The average molecular weight is 400 g/mol. The number of ether oxygens (including phenoxy) is 3. The van der Waals surface area contributed by atoms with E-state index in [9.17, 15) is 20.1 Å². The van der Waals surface area contributed by atoms with Crippen LogP contribution < -0.4 is 14.2 Å². The molecule has 1 heterocycles. The average Bonchev–Trinajstić information content (AvgIpc) is 2.67. The number of phenols is 2. The van der Waals surface area contributed by atoms with Crippen LogP contribution in [0.15, 0.2) is 35.9 Å². The molecule has 1 aliphatic rings. The van der Waals surface area contributed by atoms with E-state index in [1.54, 1.807) is 12.1 Å². The second-order valence-corrected chi connectivity index (χ2v) is 7.13. The van der Waals surface area contributed by atoms with Crippen molar-refractivity contribution in [1.82, 2.24) is 0 Å². The summed E-state index contributed by atoms with van der Waals surface area (Å²) in [6.45, 7) is 3.53. The first-order chi connectivity index (χ1) is 13.7. The van der Waals surface area contributed by atoms with Gasteiger partial charge in [-0.15, -0.1) is 0 Å². The molecule has 0 radical (unpaired) electrons. The van der Waals surface area contributed by atoms with Gasteiger partial charge in [0.1, 0.15) is 40.9 Å². The number of Topliss-reactive ketones (excluding diaryl/α,β-unsaturated/α-hetero) is 1. The second kappa shape index (κ2) is 7.67. The number of ketones is 1. The monoisotopic (exact) mass is 400 g/mol. The number of carbonyl (C=O) groups is 1. The summed E-state index contributed by atoms with van der Waals surface area (Å²) in [6.07, 6.45) is 2.46. The van der Waals surface area contributed by atoms with Crippen molar-refractivity contribution in [2.75, 3.05) is 20.8 Å². The highest BCUT2D eigenvalue weighted by Gasteiger charge is 2.48. The molecule has 0 amide bonds. The molecule has 1 atom stereocenters. The van der Waals surface area contributed by atoms with Gasteiger partial charge in [0.05, 0.1) is 14.2 Å². The summed E-state index contributed by atoms with van der Waals surface area (Å²) < 4.78 is 16.5. The van der Waals surface area contributed by atoms with Crippen LogP contribution in [0.2, 0.25) is 0 Å². The van der Waals surface area contributed by atoms with E-state index in [-0.39, 0.29) is 22.6 Å². The molecule has 7 heteroatoms. The van der Waals surface area contributed by atoms with Crippen molar-refractivity contribution in [3.05, 3.63) is 52.6 Å². The van der Waals surface area contributed by atoms with E-state index >= 15 is 0 Å². The molecular weight excluding hydrogens is 376 g/mol. The maximum absolute atomic E-state index is 13.2. The Morgan fingerprint density at radius 2 is 1.93 bits per heavy atom. The first-order valence-corrected chi connectivity index (χ1v) is 9.06. The van der Waals surface area contributed by atoms with Crippen LogP contribution in [0.25, 0.3) is 0 Å². The van der Waals surface area contributed by atoms with Crippen LogP contribution >= 0.6 is 0 Å². The number of methoxy groups -OCH3 is 2. The molecule has 0 saturated carbocycles. The van der Waals surface area contributed by atoms with Gasteiger partial charge in [0, 0.05) is 23.3 Å². The van der Waals surface area contributed by atoms with Gasteiger partial charge < -0.3 is 29.5 Å². The molecule has 3 N–H and O–H groups in total. The molecule has 154 valence electrons. The van der Waals surface area contributed by atoms with Gasteiger partial charge in [0.25, 0.3) is 0 Å². The molecule has 29 heavy (non-hydrogen) atoms. The molecule has 7 nitrogen and oxygen atoms in total. The van der Waals surface area contributed by atoms with Gasteiger partial charge in [0.15, 0.2) is 5.60 Å². The van der Waals surface area contributed by atoms with Gasteiger partial charge in [-0.05, 0) is 32.4 Å². The Labute approximate surface area is 168 Å². The highest BCUT2D eigenvalue weighted by molar-refractivity contribution is 6.08. The van der Waals surface area contributed by atoms with E-state index in [0.717, 1.165) is 11.6 Å². The molecular formula is C22H24O7. The maximum atomic E-state index is 13.2. The molecule has 2 aromatic carbocycles. The first-order valence-electron chi connectivity index (χ1n) is 9.06. The van der Waals surface area contributed by atoms with Crippen LogP contribution in [-0.4, -0.2) is 41.9 Å². The minimum atomic E-state index is -2.08. The van der Waals surface area contributed by atoms with Crippen LogP contribution in [-0.2, 0) is 12.0 Å². The van der Waals surface area contributed by atoms with Crippen molar-refractivity contribution in [2.45, 2.75) is 25.9 Å². The number of aromatic hydroxyl groups is 2. The van der Waals surface area contributed by atoms with E-state index in [4.69, 9.17) is 14.2 Å². The third kappa shape index (κ3) is 3.49. The van der Waals surface area contributed by atoms with Crippen molar-refractivity contribution < 1.29 is 34.3 Å². The summed E-state index contributed by atoms with van der Waals surface area (Å²) in [4.78, 5) is 13.2. The van der Waals surface area contributed by atoms with Crippen molar-refractivity contribution in [3.63, 3.8) is 0 Å². The predicted octanol–water partition coefficient (Wildman–Crippen LogP) is 3.09. The van der Waals surface area contributed by atoms with E-state index in [1.165, 1.54) is 20.3 Å². The number of rotatable bonds is 5. The molecule has 0 aromatic heterocycles. The zero-order valence-corrected chi connectivity index (χ0v) is 16.8. The predicted molar refractivity (Wildman–Crippen MR) is 106 cm³/mol.